The molecular formula is C23H29BO2. The minimum absolute atomic E-state index is 0.116. The number of hydrogen-bond acceptors (Lipinski definition) is 2. The molecule has 0 unspecified atom stereocenters. The van der Waals surface area contributed by atoms with Gasteiger partial charge in [0.15, 0.2) is 0 Å². The molecule has 0 fully saturated rings. The van der Waals surface area contributed by atoms with Crippen molar-refractivity contribution < 1.29 is 10.0 Å². The molecule has 0 radical (unpaired) electrons. The van der Waals surface area contributed by atoms with Crippen LogP contribution in [0.1, 0.15) is 46.6 Å². The van der Waals surface area contributed by atoms with Crippen LogP contribution < -0.4 is 5.46 Å². The third-order valence-electron chi connectivity index (χ3n) is 5.24. The van der Waals surface area contributed by atoms with Gasteiger partial charge in [0.05, 0.1) is 0 Å². The molecule has 0 aromatic heterocycles. The molecule has 2 nitrogen and oxygen atoms in total. The molecule has 1 aromatic carbocycles. The highest BCUT2D eigenvalue weighted by atomic mass is 16.4. The maximum Gasteiger partial charge on any atom is 0.488 e. The molecule has 136 valence electrons. The molecule has 2 N–H and O–H groups in total. The molecule has 0 saturated carbocycles. The van der Waals surface area contributed by atoms with Crippen LogP contribution in [0.4, 0.5) is 0 Å². The Morgan fingerprint density at radius 2 is 1.92 bits per heavy atom. The van der Waals surface area contributed by atoms with Crippen molar-refractivity contribution in [3.63, 3.8) is 0 Å². The Kier molecular flexibility index (Phi) is 6.28. The van der Waals surface area contributed by atoms with E-state index in [2.05, 4.69) is 52.5 Å². The summed E-state index contributed by atoms with van der Waals surface area (Å²) in [5, 5.41) is 18.9. The predicted octanol–water partition coefficient (Wildman–Crippen LogP) is 4.57. The topological polar surface area (TPSA) is 40.5 Å². The second-order valence-corrected chi connectivity index (χ2v) is 7.22. The van der Waals surface area contributed by atoms with Gasteiger partial charge in [0.1, 0.15) is 0 Å². The van der Waals surface area contributed by atoms with Crippen molar-refractivity contribution in [2.45, 2.75) is 41.0 Å². The van der Waals surface area contributed by atoms with Gasteiger partial charge in [0.25, 0.3) is 0 Å². The van der Waals surface area contributed by atoms with E-state index in [1.807, 2.05) is 31.2 Å². The molecule has 3 heteroatoms. The number of benzene rings is 1. The van der Waals surface area contributed by atoms with Crippen molar-refractivity contribution in [1.29, 1.82) is 0 Å². The SMILES string of the molecule is C=CC1=C(/C=C\C)C(C)=C(/C=C(\CC)c2cccc(B(O)O)c2)C1(C)C. The highest BCUT2D eigenvalue weighted by molar-refractivity contribution is 6.58. The van der Waals surface area contributed by atoms with Crippen molar-refractivity contribution in [2.24, 2.45) is 5.41 Å². The summed E-state index contributed by atoms with van der Waals surface area (Å²) in [5.74, 6) is 0. The second kappa shape index (κ2) is 8.07. The zero-order chi connectivity index (χ0) is 19.5. The molecule has 1 aromatic rings. The summed E-state index contributed by atoms with van der Waals surface area (Å²) in [6, 6.07) is 7.47. The van der Waals surface area contributed by atoms with Crippen LogP contribution in [-0.2, 0) is 0 Å². The summed E-state index contributed by atoms with van der Waals surface area (Å²) in [5.41, 5.74) is 7.64. The van der Waals surface area contributed by atoms with E-state index in [1.54, 1.807) is 6.07 Å². The first-order valence-corrected chi connectivity index (χ1v) is 9.16. The molecule has 0 bridgehead atoms. The Morgan fingerprint density at radius 1 is 1.23 bits per heavy atom. The van der Waals surface area contributed by atoms with Gasteiger partial charge in [-0.3, -0.25) is 0 Å². The lowest BCUT2D eigenvalue weighted by Gasteiger charge is -2.25. The fourth-order valence-electron chi connectivity index (χ4n) is 3.80. The average Bonchev–Trinajstić information content (AvgIpc) is 2.78. The Balaban J connectivity index is 2.59. The van der Waals surface area contributed by atoms with E-state index in [9.17, 15) is 10.0 Å². The first-order valence-electron chi connectivity index (χ1n) is 9.16. The third kappa shape index (κ3) is 3.69. The van der Waals surface area contributed by atoms with E-state index in [1.165, 1.54) is 27.9 Å². The van der Waals surface area contributed by atoms with Gasteiger partial charge in [0, 0.05) is 5.41 Å². The summed E-state index contributed by atoms with van der Waals surface area (Å²) in [7, 11) is -1.45. The van der Waals surface area contributed by atoms with Gasteiger partial charge >= 0.3 is 7.12 Å². The summed E-state index contributed by atoms with van der Waals surface area (Å²) in [4.78, 5) is 0. The van der Waals surface area contributed by atoms with Crippen LogP contribution in [0.2, 0.25) is 0 Å². The largest absolute Gasteiger partial charge is 0.488 e. The molecule has 0 saturated heterocycles. The second-order valence-electron chi connectivity index (χ2n) is 7.22. The summed E-state index contributed by atoms with van der Waals surface area (Å²) in [6.45, 7) is 14.8. The number of rotatable bonds is 6. The fraction of sp³-hybridized carbons (Fsp3) is 0.304. The first-order chi connectivity index (χ1) is 12.3. The van der Waals surface area contributed by atoms with Gasteiger partial charge in [-0.1, -0.05) is 75.9 Å². The molecule has 1 aliphatic carbocycles. The highest BCUT2D eigenvalue weighted by Crippen LogP contribution is 2.49. The van der Waals surface area contributed by atoms with Crippen LogP contribution in [0.5, 0.6) is 0 Å². The lowest BCUT2D eigenvalue weighted by atomic mass is 9.77. The van der Waals surface area contributed by atoms with Gasteiger partial charge in [-0.2, -0.15) is 0 Å². The molecule has 0 aliphatic heterocycles. The zero-order valence-electron chi connectivity index (χ0n) is 16.5. The Hall–Kier alpha value is -2.10. The zero-order valence-corrected chi connectivity index (χ0v) is 16.5. The van der Waals surface area contributed by atoms with Crippen LogP contribution >= 0.6 is 0 Å². The van der Waals surface area contributed by atoms with Gasteiger partial charge in [-0.25, -0.2) is 0 Å². The van der Waals surface area contributed by atoms with Crippen molar-refractivity contribution in [3.05, 3.63) is 83.0 Å². The van der Waals surface area contributed by atoms with Crippen molar-refractivity contribution in [2.75, 3.05) is 0 Å². The summed E-state index contributed by atoms with van der Waals surface area (Å²) < 4.78 is 0. The number of allylic oxidation sites excluding steroid dienone is 9. The van der Waals surface area contributed by atoms with Gasteiger partial charge in [-0.15, -0.1) is 0 Å². The minimum atomic E-state index is -1.45. The van der Waals surface area contributed by atoms with Crippen molar-refractivity contribution >= 4 is 18.2 Å². The van der Waals surface area contributed by atoms with Crippen LogP contribution in [0.15, 0.2) is 77.4 Å². The molecule has 0 amide bonds. The van der Waals surface area contributed by atoms with E-state index in [-0.39, 0.29) is 5.41 Å². The lowest BCUT2D eigenvalue weighted by Crippen LogP contribution is -2.29. The predicted molar refractivity (Wildman–Crippen MR) is 113 cm³/mol. The van der Waals surface area contributed by atoms with E-state index in [4.69, 9.17) is 0 Å². The minimum Gasteiger partial charge on any atom is -0.423 e. The monoisotopic (exact) mass is 348 g/mol. The fourth-order valence-corrected chi connectivity index (χ4v) is 3.80. The van der Waals surface area contributed by atoms with Crippen LogP contribution in [0, 0.1) is 5.41 Å². The highest BCUT2D eigenvalue weighted by Gasteiger charge is 2.35. The molecular weight excluding hydrogens is 319 g/mol. The number of hydrogen-bond donors (Lipinski definition) is 2. The molecule has 1 aliphatic rings. The van der Waals surface area contributed by atoms with E-state index in [0.29, 0.717) is 5.46 Å². The van der Waals surface area contributed by atoms with Gasteiger partial charge in [-0.05, 0) is 59.2 Å². The van der Waals surface area contributed by atoms with Crippen LogP contribution in [0.3, 0.4) is 0 Å². The Morgan fingerprint density at radius 3 is 2.46 bits per heavy atom. The van der Waals surface area contributed by atoms with Crippen molar-refractivity contribution in [3.8, 4) is 0 Å². The maximum absolute atomic E-state index is 9.47. The van der Waals surface area contributed by atoms with E-state index >= 15 is 0 Å². The standard InChI is InChI=1S/C23H29BO2/c1-7-11-20-16(4)22(23(5,6)21(20)9-3)15-17(8-2)18-12-10-13-19(14-18)24(25)26/h7,9-15,25-26H,3,8H2,1-2,4-6H3/b11-7-,17-15+. The average molecular weight is 348 g/mol. The third-order valence-corrected chi connectivity index (χ3v) is 5.24. The van der Waals surface area contributed by atoms with Gasteiger partial charge < -0.3 is 10.0 Å². The first kappa shape index (κ1) is 20.2. The molecule has 26 heavy (non-hydrogen) atoms. The van der Waals surface area contributed by atoms with E-state index < -0.39 is 7.12 Å². The molecule has 0 heterocycles. The quantitative estimate of drug-likeness (QED) is 0.739. The van der Waals surface area contributed by atoms with Crippen LogP contribution in [-0.4, -0.2) is 17.2 Å². The lowest BCUT2D eigenvalue weighted by molar-refractivity contribution is 0.426. The Bertz CT molecular complexity index is 820. The van der Waals surface area contributed by atoms with Gasteiger partial charge in [0.2, 0.25) is 0 Å². The normalized spacial score (nSPS) is 17.4. The molecule has 0 spiro atoms. The van der Waals surface area contributed by atoms with Crippen LogP contribution in [0.25, 0.3) is 5.57 Å². The summed E-state index contributed by atoms with van der Waals surface area (Å²) in [6.07, 6.45) is 9.31. The van der Waals surface area contributed by atoms with E-state index in [0.717, 1.165) is 12.0 Å². The van der Waals surface area contributed by atoms with Crippen molar-refractivity contribution in [1.82, 2.24) is 0 Å². The maximum atomic E-state index is 9.47. The molecule has 2 rings (SSSR count). The smallest absolute Gasteiger partial charge is 0.423 e. The summed E-state index contributed by atoms with van der Waals surface area (Å²) >= 11 is 0. The Labute approximate surface area is 158 Å². The molecule has 0 atom stereocenters.